The first-order valence-electron chi connectivity index (χ1n) is 7.68. The number of alkyl halides is 3. The third kappa shape index (κ3) is 8.52. The summed E-state index contributed by atoms with van der Waals surface area (Å²) in [7, 11) is 0. The third-order valence-corrected chi connectivity index (χ3v) is 3.31. The van der Waals surface area contributed by atoms with E-state index in [4.69, 9.17) is 5.73 Å². The average Bonchev–Trinajstić information content (AvgIpc) is 2.55. The summed E-state index contributed by atoms with van der Waals surface area (Å²) in [6.07, 6.45) is -4.31. The van der Waals surface area contributed by atoms with Crippen molar-refractivity contribution in [2.45, 2.75) is 26.3 Å². The van der Waals surface area contributed by atoms with Crippen LogP contribution < -0.4 is 11.1 Å². The van der Waals surface area contributed by atoms with Crippen LogP contribution in [0.25, 0.3) is 0 Å². The molecular weight excluding hydrogens is 458 g/mol. The number of hydrogen-bond donors (Lipinski definition) is 2. The quantitative estimate of drug-likeness (QED) is 0.361. The van der Waals surface area contributed by atoms with Gasteiger partial charge in [0.15, 0.2) is 5.96 Å². The predicted octanol–water partition coefficient (Wildman–Crippen LogP) is 4.62. The predicted molar refractivity (Wildman–Crippen MR) is 108 cm³/mol. The van der Waals surface area contributed by atoms with Crippen LogP contribution in [0, 0.1) is 6.92 Å². The average molecular weight is 479 g/mol. The Morgan fingerprint density at radius 1 is 1.04 bits per heavy atom. The number of nitrogens with two attached hydrogens (primary N) is 1. The minimum Gasteiger partial charge on any atom is -0.370 e. The molecule has 0 aliphatic rings. The Labute approximate surface area is 167 Å². The Kier molecular flexibility index (Phi) is 8.86. The van der Waals surface area contributed by atoms with Crippen LogP contribution in [0.5, 0.6) is 0 Å². The Hall–Kier alpha value is -1.81. The number of guanidine groups is 1. The first kappa shape index (κ1) is 22.2. The topological polar surface area (TPSA) is 59.6 Å². The normalized spacial score (nSPS) is 11.8. The molecule has 3 N–H and O–H groups in total. The number of aryl methyl sites for hydroxylation is 1. The molecule has 2 aromatic carbocycles. The Morgan fingerprint density at radius 2 is 1.62 bits per heavy atom. The molecule has 0 spiro atoms. The van der Waals surface area contributed by atoms with Crippen molar-refractivity contribution < 1.29 is 17.9 Å². The molecule has 0 bridgehead atoms. The SMILES string of the molecule is Cc1ccc(NC(N)=NCc2ccc(COCC(F)(F)F)cc2)cc1.I. The van der Waals surface area contributed by atoms with Crippen LogP contribution in [0.4, 0.5) is 18.9 Å². The molecule has 0 saturated carbocycles. The number of aliphatic imine (C=N–C) groups is 1. The number of benzene rings is 2. The zero-order valence-corrected chi connectivity index (χ0v) is 16.5. The zero-order valence-electron chi connectivity index (χ0n) is 14.2. The highest BCUT2D eigenvalue weighted by molar-refractivity contribution is 14.0. The summed E-state index contributed by atoms with van der Waals surface area (Å²) in [4.78, 5) is 4.24. The molecule has 26 heavy (non-hydrogen) atoms. The van der Waals surface area contributed by atoms with E-state index >= 15 is 0 Å². The van der Waals surface area contributed by atoms with E-state index in [9.17, 15) is 13.2 Å². The summed E-state index contributed by atoms with van der Waals surface area (Å²) in [5.74, 6) is 0.293. The van der Waals surface area contributed by atoms with Crippen LogP contribution in [-0.2, 0) is 17.9 Å². The minimum absolute atomic E-state index is 0. The molecule has 0 fully saturated rings. The number of halogens is 4. The van der Waals surface area contributed by atoms with Crippen LogP contribution in [0.1, 0.15) is 16.7 Å². The van der Waals surface area contributed by atoms with Gasteiger partial charge >= 0.3 is 6.18 Å². The molecule has 142 valence electrons. The van der Waals surface area contributed by atoms with Gasteiger partial charge in [0.25, 0.3) is 0 Å². The molecule has 2 aromatic rings. The van der Waals surface area contributed by atoms with Crippen LogP contribution in [0.3, 0.4) is 0 Å². The van der Waals surface area contributed by atoms with E-state index < -0.39 is 12.8 Å². The lowest BCUT2D eigenvalue weighted by Crippen LogP contribution is -2.22. The summed E-state index contributed by atoms with van der Waals surface area (Å²) in [5.41, 5.74) is 9.41. The lowest BCUT2D eigenvalue weighted by molar-refractivity contribution is -0.176. The van der Waals surface area contributed by atoms with E-state index in [0.29, 0.717) is 18.1 Å². The first-order valence-corrected chi connectivity index (χ1v) is 7.68. The molecule has 8 heteroatoms. The van der Waals surface area contributed by atoms with Crippen LogP contribution in [0.15, 0.2) is 53.5 Å². The van der Waals surface area contributed by atoms with Crippen LogP contribution in [-0.4, -0.2) is 18.7 Å². The van der Waals surface area contributed by atoms with E-state index in [1.807, 2.05) is 31.2 Å². The number of hydrogen-bond acceptors (Lipinski definition) is 2. The Balaban J connectivity index is 0.00000338. The lowest BCUT2D eigenvalue weighted by Gasteiger charge is -2.08. The highest BCUT2D eigenvalue weighted by Gasteiger charge is 2.27. The molecule has 0 radical (unpaired) electrons. The van der Waals surface area contributed by atoms with Crippen LogP contribution in [0.2, 0.25) is 0 Å². The standard InChI is InChI=1S/C18H20F3N3O.HI/c1-13-2-8-16(9-3-13)24-17(22)23-10-14-4-6-15(7-5-14)11-25-12-18(19,20)21;/h2-9H,10-12H2,1H3,(H3,22,23,24);1H. The fourth-order valence-electron chi connectivity index (χ4n) is 2.03. The maximum Gasteiger partial charge on any atom is 0.411 e. The highest BCUT2D eigenvalue weighted by Crippen LogP contribution is 2.16. The van der Waals surface area contributed by atoms with Crippen molar-refractivity contribution in [1.82, 2.24) is 0 Å². The molecule has 0 heterocycles. The van der Waals surface area contributed by atoms with E-state index in [0.717, 1.165) is 16.8 Å². The number of anilines is 1. The van der Waals surface area contributed by atoms with Crippen LogP contribution >= 0.6 is 24.0 Å². The molecular formula is C18H21F3IN3O. The third-order valence-electron chi connectivity index (χ3n) is 3.31. The molecule has 0 saturated heterocycles. The van der Waals surface area contributed by atoms with Gasteiger partial charge in [-0.05, 0) is 30.2 Å². The monoisotopic (exact) mass is 479 g/mol. The number of nitrogens with one attached hydrogen (secondary N) is 1. The Morgan fingerprint density at radius 3 is 2.19 bits per heavy atom. The van der Waals surface area contributed by atoms with Gasteiger partial charge in [-0.15, -0.1) is 24.0 Å². The maximum absolute atomic E-state index is 12.0. The van der Waals surface area contributed by atoms with Crippen molar-refractivity contribution in [3.8, 4) is 0 Å². The van der Waals surface area contributed by atoms with Gasteiger partial charge in [0.1, 0.15) is 6.61 Å². The summed E-state index contributed by atoms with van der Waals surface area (Å²) in [6.45, 7) is 1.04. The lowest BCUT2D eigenvalue weighted by atomic mass is 10.1. The van der Waals surface area contributed by atoms with Crippen molar-refractivity contribution in [2.24, 2.45) is 10.7 Å². The first-order chi connectivity index (χ1) is 11.8. The van der Waals surface area contributed by atoms with Gasteiger partial charge in [-0.1, -0.05) is 42.0 Å². The van der Waals surface area contributed by atoms with Gasteiger partial charge in [0, 0.05) is 5.69 Å². The van der Waals surface area contributed by atoms with Gasteiger partial charge < -0.3 is 15.8 Å². The highest BCUT2D eigenvalue weighted by atomic mass is 127. The fourth-order valence-corrected chi connectivity index (χ4v) is 2.03. The molecule has 0 aliphatic heterocycles. The summed E-state index contributed by atoms with van der Waals surface area (Å²) in [5, 5.41) is 2.99. The fraction of sp³-hybridized carbons (Fsp3) is 0.278. The molecule has 0 aliphatic carbocycles. The summed E-state index contributed by atoms with van der Waals surface area (Å²) < 4.78 is 40.7. The summed E-state index contributed by atoms with van der Waals surface area (Å²) >= 11 is 0. The van der Waals surface area contributed by atoms with Crippen molar-refractivity contribution in [3.63, 3.8) is 0 Å². The molecule has 4 nitrogen and oxygen atoms in total. The van der Waals surface area contributed by atoms with Gasteiger partial charge in [0.05, 0.1) is 13.2 Å². The van der Waals surface area contributed by atoms with Crippen molar-refractivity contribution in [1.29, 1.82) is 0 Å². The second-order valence-electron chi connectivity index (χ2n) is 5.62. The number of rotatable bonds is 6. The van der Waals surface area contributed by atoms with Gasteiger partial charge in [-0.2, -0.15) is 13.2 Å². The van der Waals surface area contributed by atoms with Crippen molar-refractivity contribution in [2.75, 3.05) is 11.9 Å². The number of ether oxygens (including phenoxy) is 1. The summed E-state index contributed by atoms with van der Waals surface area (Å²) in [6, 6.07) is 14.8. The second kappa shape index (κ2) is 10.4. The molecule has 2 rings (SSSR count). The second-order valence-corrected chi connectivity index (χ2v) is 5.62. The number of nitrogens with zero attached hydrogens (tertiary/aromatic N) is 1. The molecule has 0 amide bonds. The molecule has 0 atom stereocenters. The molecule has 0 aromatic heterocycles. The van der Waals surface area contributed by atoms with Crippen molar-refractivity contribution >= 4 is 35.6 Å². The zero-order chi connectivity index (χ0) is 18.3. The Bertz CT molecular complexity index is 701. The van der Waals surface area contributed by atoms with Gasteiger partial charge in [-0.3, -0.25) is 0 Å². The van der Waals surface area contributed by atoms with Gasteiger partial charge in [0.2, 0.25) is 0 Å². The maximum atomic E-state index is 12.0. The largest absolute Gasteiger partial charge is 0.411 e. The van der Waals surface area contributed by atoms with E-state index in [-0.39, 0.29) is 30.6 Å². The van der Waals surface area contributed by atoms with E-state index in [2.05, 4.69) is 15.0 Å². The molecule has 0 unspecified atom stereocenters. The minimum atomic E-state index is -4.31. The smallest absolute Gasteiger partial charge is 0.370 e. The van der Waals surface area contributed by atoms with E-state index in [1.165, 1.54) is 0 Å². The van der Waals surface area contributed by atoms with Crippen molar-refractivity contribution in [3.05, 3.63) is 65.2 Å². The van der Waals surface area contributed by atoms with E-state index in [1.54, 1.807) is 24.3 Å². The van der Waals surface area contributed by atoms with Gasteiger partial charge in [-0.25, -0.2) is 4.99 Å².